The Kier molecular flexibility index (Phi) is 2.80. The molecule has 2 aromatic rings. The standard InChI is InChI=1S/C16H17NO/c1-11-9-14-10-13(7-8-15(14)18-11)16(17)12-5-3-2-4-6-12/h2-8,10-11,16H,9,17H2,1H3/t11-,16-/m0/s1. The summed E-state index contributed by atoms with van der Waals surface area (Å²) in [6, 6.07) is 16.4. The van der Waals surface area contributed by atoms with Crippen LogP contribution in [-0.2, 0) is 6.42 Å². The van der Waals surface area contributed by atoms with Crippen LogP contribution in [-0.4, -0.2) is 6.10 Å². The average molecular weight is 239 g/mol. The normalized spacial score (nSPS) is 19.1. The fourth-order valence-electron chi connectivity index (χ4n) is 2.49. The highest BCUT2D eigenvalue weighted by atomic mass is 16.5. The zero-order chi connectivity index (χ0) is 12.5. The Hall–Kier alpha value is -1.80. The van der Waals surface area contributed by atoms with Gasteiger partial charge >= 0.3 is 0 Å². The Morgan fingerprint density at radius 3 is 2.67 bits per heavy atom. The maximum Gasteiger partial charge on any atom is 0.123 e. The van der Waals surface area contributed by atoms with E-state index in [1.165, 1.54) is 5.56 Å². The van der Waals surface area contributed by atoms with Crippen molar-refractivity contribution in [3.05, 3.63) is 65.2 Å². The number of nitrogens with two attached hydrogens (primary N) is 1. The van der Waals surface area contributed by atoms with Crippen molar-refractivity contribution < 1.29 is 4.74 Å². The van der Waals surface area contributed by atoms with Gasteiger partial charge in [0, 0.05) is 6.42 Å². The molecule has 2 N–H and O–H groups in total. The first kappa shape index (κ1) is 11.3. The Morgan fingerprint density at radius 1 is 1.11 bits per heavy atom. The van der Waals surface area contributed by atoms with E-state index in [2.05, 4.69) is 31.2 Å². The van der Waals surface area contributed by atoms with E-state index in [9.17, 15) is 0 Å². The van der Waals surface area contributed by atoms with Crippen molar-refractivity contribution >= 4 is 0 Å². The lowest BCUT2D eigenvalue weighted by Gasteiger charge is -2.13. The molecule has 1 heterocycles. The van der Waals surface area contributed by atoms with E-state index >= 15 is 0 Å². The van der Waals surface area contributed by atoms with E-state index in [-0.39, 0.29) is 12.1 Å². The SMILES string of the molecule is C[C@H]1Cc2cc([C@@H](N)c3ccccc3)ccc2O1. The maximum atomic E-state index is 6.30. The van der Waals surface area contributed by atoms with Crippen molar-refractivity contribution in [2.45, 2.75) is 25.5 Å². The summed E-state index contributed by atoms with van der Waals surface area (Å²) in [4.78, 5) is 0. The minimum atomic E-state index is -0.0626. The molecule has 2 atom stereocenters. The van der Waals surface area contributed by atoms with Gasteiger partial charge in [-0.15, -0.1) is 0 Å². The van der Waals surface area contributed by atoms with Gasteiger partial charge in [0.2, 0.25) is 0 Å². The first-order valence-electron chi connectivity index (χ1n) is 6.34. The molecule has 0 bridgehead atoms. The lowest BCUT2D eigenvalue weighted by molar-refractivity contribution is 0.254. The number of fused-ring (bicyclic) bond motifs is 1. The summed E-state index contributed by atoms with van der Waals surface area (Å²) in [5.74, 6) is 1.01. The predicted molar refractivity (Wildman–Crippen MR) is 72.7 cm³/mol. The van der Waals surface area contributed by atoms with E-state index in [0.717, 1.165) is 23.3 Å². The van der Waals surface area contributed by atoms with Crippen LogP contribution in [0.4, 0.5) is 0 Å². The second kappa shape index (κ2) is 4.46. The highest BCUT2D eigenvalue weighted by molar-refractivity contribution is 5.43. The molecule has 0 saturated heterocycles. The van der Waals surface area contributed by atoms with Gasteiger partial charge in [-0.3, -0.25) is 0 Å². The first-order chi connectivity index (χ1) is 8.74. The van der Waals surface area contributed by atoms with Crippen LogP contribution in [0.15, 0.2) is 48.5 Å². The minimum Gasteiger partial charge on any atom is -0.490 e. The largest absolute Gasteiger partial charge is 0.490 e. The van der Waals surface area contributed by atoms with Crippen molar-refractivity contribution in [1.29, 1.82) is 0 Å². The number of hydrogen-bond acceptors (Lipinski definition) is 2. The van der Waals surface area contributed by atoms with Crippen molar-refractivity contribution in [3.63, 3.8) is 0 Å². The molecule has 0 radical (unpaired) electrons. The van der Waals surface area contributed by atoms with Crippen LogP contribution in [0.2, 0.25) is 0 Å². The van der Waals surface area contributed by atoms with Crippen molar-refractivity contribution in [2.24, 2.45) is 5.73 Å². The van der Waals surface area contributed by atoms with Gasteiger partial charge in [0.25, 0.3) is 0 Å². The smallest absolute Gasteiger partial charge is 0.123 e. The van der Waals surface area contributed by atoms with Crippen LogP contribution in [0.1, 0.15) is 29.7 Å². The molecule has 2 heteroatoms. The zero-order valence-corrected chi connectivity index (χ0v) is 10.5. The maximum absolute atomic E-state index is 6.30. The molecule has 0 fully saturated rings. The molecule has 0 spiro atoms. The van der Waals surface area contributed by atoms with E-state index in [0.29, 0.717) is 0 Å². The number of rotatable bonds is 2. The summed E-state index contributed by atoms with van der Waals surface area (Å²) in [6.45, 7) is 2.09. The Bertz CT molecular complexity index is 550. The number of benzene rings is 2. The third-order valence-corrected chi connectivity index (χ3v) is 3.44. The molecule has 1 aliphatic heterocycles. The van der Waals surface area contributed by atoms with Crippen LogP contribution in [0.3, 0.4) is 0 Å². The fraction of sp³-hybridized carbons (Fsp3) is 0.250. The second-order valence-corrected chi connectivity index (χ2v) is 4.89. The second-order valence-electron chi connectivity index (χ2n) is 4.89. The van der Waals surface area contributed by atoms with Gasteiger partial charge in [-0.05, 0) is 29.7 Å². The lowest BCUT2D eigenvalue weighted by atomic mass is 9.97. The summed E-state index contributed by atoms with van der Waals surface area (Å²) in [7, 11) is 0. The molecule has 18 heavy (non-hydrogen) atoms. The summed E-state index contributed by atoms with van der Waals surface area (Å²) < 4.78 is 5.71. The molecule has 1 aliphatic rings. The molecule has 0 amide bonds. The van der Waals surface area contributed by atoms with Crippen LogP contribution >= 0.6 is 0 Å². The Labute approximate surface area is 107 Å². The summed E-state index contributed by atoms with van der Waals surface area (Å²) in [5, 5.41) is 0. The van der Waals surface area contributed by atoms with Crippen LogP contribution in [0, 0.1) is 0 Å². The van der Waals surface area contributed by atoms with Gasteiger partial charge in [-0.2, -0.15) is 0 Å². The molecule has 0 aromatic heterocycles. The number of ether oxygens (including phenoxy) is 1. The van der Waals surface area contributed by atoms with Crippen LogP contribution in [0.25, 0.3) is 0 Å². The molecule has 0 aliphatic carbocycles. The van der Waals surface area contributed by atoms with E-state index in [1.54, 1.807) is 0 Å². The summed E-state index contributed by atoms with van der Waals surface area (Å²) in [5.41, 5.74) is 9.87. The third kappa shape index (κ3) is 2.00. The van der Waals surface area contributed by atoms with Crippen LogP contribution < -0.4 is 10.5 Å². The predicted octanol–water partition coefficient (Wildman–Crippen LogP) is 3.06. The quantitative estimate of drug-likeness (QED) is 0.874. The van der Waals surface area contributed by atoms with Crippen molar-refractivity contribution in [3.8, 4) is 5.75 Å². The molecular formula is C16H17NO. The lowest BCUT2D eigenvalue weighted by Crippen LogP contribution is -2.11. The molecule has 2 aromatic carbocycles. The zero-order valence-electron chi connectivity index (χ0n) is 10.5. The van der Waals surface area contributed by atoms with Gasteiger partial charge in [0.1, 0.15) is 11.9 Å². The summed E-state index contributed by atoms with van der Waals surface area (Å²) in [6.07, 6.45) is 1.26. The van der Waals surface area contributed by atoms with E-state index in [4.69, 9.17) is 10.5 Å². The summed E-state index contributed by atoms with van der Waals surface area (Å²) >= 11 is 0. The average Bonchev–Trinajstić information content (AvgIpc) is 2.78. The molecular weight excluding hydrogens is 222 g/mol. The van der Waals surface area contributed by atoms with E-state index in [1.807, 2.05) is 24.3 Å². The molecule has 0 saturated carbocycles. The Balaban J connectivity index is 1.92. The van der Waals surface area contributed by atoms with Crippen LogP contribution in [0.5, 0.6) is 5.75 Å². The highest BCUT2D eigenvalue weighted by Crippen LogP contribution is 2.31. The monoisotopic (exact) mass is 239 g/mol. The topological polar surface area (TPSA) is 35.2 Å². The molecule has 0 unspecified atom stereocenters. The van der Waals surface area contributed by atoms with E-state index < -0.39 is 0 Å². The fourth-order valence-corrected chi connectivity index (χ4v) is 2.49. The third-order valence-electron chi connectivity index (χ3n) is 3.44. The minimum absolute atomic E-state index is 0.0626. The van der Waals surface area contributed by atoms with Gasteiger partial charge in [0.15, 0.2) is 0 Å². The molecule has 92 valence electrons. The van der Waals surface area contributed by atoms with Crippen molar-refractivity contribution in [2.75, 3.05) is 0 Å². The van der Waals surface area contributed by atoms with Gasteiger partial charge in [-0.1, -0.05) is 42.5 Å². The Morgan fingerprint density at radius 2 is 1.89 bits per heavy atom. The first-order valence-corrected chi connectivity index (χ1v) is 6.34. The number of hydrogen-bond donors (Lipinski definition) is 1. The molecule has 3 rings (SSSR count). The van der Waals surface area contributed by atoms with Gasteiger partial charge < -0.3 is 10.5 Å². The van der Waals surface area contributed by atoms with Gasteiger partial charge in [0.05, 0.1) is 6.04 Å². The van der Waals surface area contributed by atoms with Crippen molar-refractivity contribution in [1.82, 2.24) is 0 Å². The molecule has 2 nitrogen and oxygen atoms in total. The highest BCUT2D eigenvalue weighted by Gasteiger charge is 2.20. The van der Waals surface area contributed by atoms with Gasteiger partial charge in [-0.25, -0.2) is 0 Å².